The fourth-order valence-electron chi connectivity index (χ4n) is 5.79. The first-order valence-corrected chi connectivity index (χ1v) is 17.6. The van der Waals surface area contributed by atoms with E-state index < -0.39 is 62.4 Å². The van der Waals surface area contributed by atoms with Crippen LogP contribution in [-0.4, -0.2) is 61.6 Å². The summed E-state index contributed by atoms with van der Waals surface area (Å²) in [5, 5.41) is 13.5. The fraction of sp³-hybridized carbons (Fsp3) is 0.576. The lowest BCUT2D eigenvalue weighted by Gasteiger charge is -2.24. The number of benzene rings is 1. The molecule has 16 heteroatoms. The number of nitrogens with two attached hydrogens (primary N) is 1. The molecule has 0 radical (unpaired) electrons. The SMILES string of the molecule is C#C[C@]1(CO[P+](=O)N[C@@H](Cc2cc(F)cc(F)c2)C(=O)OCC(CCCCC)CCCCC)O[C@@H](n2cnc3c(N)nc(F)nc32)C[C@@H]1O. The number of halogens is 3. The number of imidazole rings is 1. The highest BCUT2D eigenvalue weighted by atomic mass is 31.1. The second kappa shape index (κ2) is 17.8. The summed E-state index contributed by atoms with van der Waals surface area (Å²) in [4.78, 5) is 24.6. The third-order valence-corrected chi connectivity index (χ3v) is 9.37. The number of aliphatic hydroxyl groups excluding tert-OH is 1. The van der Waals surface area contributed by atoms with E-state index in [-0.39, 0.29) is 47.9 Å². The minimum absolute atomic E-state index is 0.0109. The van der Waals surface area contributed by atoms with Gasteiger partial charge >= 0.3 is 20.2 Å². The van der Waals surface area contributed by atoms with E-state index in [9.17, 15) is 27.6 Å². The van der Waals surface area contributed by atoms with Crippen LogP contribution in [0.4, 0.5) is 19.0 Å². The lowest BCUT2D eigenvalue weighted by atomic mass is 9.96. The number of aliphatic hydroxyl groups is 1. The maximum atomic E-state index is 14.0. The van der Waals surface area contributed by atoms with E-state index in [1.54, 1.807) is 0 Å². The summed E-state index contributed by atoms with van der Waals surface area (Å²) in [5.41, 5.74) is 4.19. The highest BCUT2D eigenvalue weighted by molar-refractivity contribution is 7.36. The monoisotopic (exact) mass is 707 g/mol. The Kier molecular flexibility index (Phi) is 13.9. The predicted octanol–water partition coefficient (Wildman–Crippen LogP) is 5.67. The number of ether oxygens (including phenoxy) is 2. The lowest BCUT2D eigenvalue weighted by molar-refractivity contribution is -0.147. The van der Waals surface area contributed by atoms with Crippen LogP contribution in [0.3, 0.4) is 0 Å². The normalized spacial score (nSPS) is 20.1. The number of unbranched alkanes of at least 4 members (excludes halogenated alkanes) is 4. The van der Waals surface area contributed by atoms with E-state index in [0.717, 1.165) is 63.5 Å². The molecule has 266 valence electrons. The first kappa shape index (κ1) is 38.1. The molecule has 5 atom stereocenters. The topological polar surface area (TPSA) is 164 Å². The van der Waals surface area contributed by atoms with Crippen molar-refractivity contribution in [1.82, 2.24) is 24.6 Å². The van der Waals surface area contributed by atoms with Gasteiger partial charge in [0, 0.05) is 18.9 Å². The number of carbonyl (C=O) groups is 1. The molecule has 0 saturated carbocycles. The van der Waals surface area contributed by atoms with Crippen molar-refractivity contribution < 1.29 is 41.6 Å². The molecule has 3 aromatic rings. The van der Waals surface area contributed by atoms with Crippen molar-refractivity contribution in [3.63, 3.8) is 0 Å². The molecular weight excluding hydrogens is 664 g/mol. The number of nitrogens with one attached hydrogen (secondary N) is 1. The maximum absolute atomic E-state index is 14.0. The van der Waals surface area contributed by atoms with Gasteiger partial charge in [-0.2, -0.15) is 14.4 Å². The molecule has 0 bridgehead atoms. The Morgan fingerprint density at radius 2 is 1.86 bits per heavy atom. The van der Waals surface area contributed by atoms with Gasteiger partial charge in [0.15, 0.2) is 28.6 Å². The van der Waals surface area contributed by atoms with Gasteiger partial charge in [0.05, 0.1) is 12.9 Å². The van der Waals surface area contributed by atoms with Gasteiger partial charge in [0.1, 0.15) is 30.6 Å². The predicted molar refractivity (Wildman–Crippen MR) is 175 cm³/mol. The highest BCUT2D eigenvalue weighted by Crippen LogP contribution is 2.39. The molecule has 0 aliphatic carbocycles. The minimum Gasteiger partial charge on any atom is -0.464 e. The van der Waals surface area contributed by atoms with Crippen molar-refractivity contribution >= 4 is 31.1 Å². The average Bonchev–Trinajstić information content (AvgIpc) is 3.62. The number of aromatic nitrogens is 4. The molecule has 1 aromatic carbocycles. The molecule has 1 fully saturated rings. The third kappa shape index (κ3) is 10.2. The number of anilines is 1. The number of rotatable bonds is 19. The summed E-state index contributed by atoms with van der Waals surface area (Å²) in [5.74, 6) is -0.141. The van der Waals surface area contributed by atoms with Crippen molar-refractivity contribution in [3.8, 4) is 12.3 Å². The Morgan fingerprint density at radius 1 is 1.18 bits per heavy atom. The molecule has 3 heterocycles. The standard InChI is InChI=1S/C33H43F3N6O6P/c1-4-7-9-11-21(12-10-8-5-2)18-46-31(44)25(15-22-13-23(34)16-24(35)14-22)41-49(45)47-19-33(6-3)26(43)17-27(48-33)42-20-38-28-29(37)39-32(36)40-30(28)42/h3,13-14,16,20-21,25-27,43H,4-5,7-12,15,17-19H2,1-2H3,(H,41,45)(H2,37,39,40)/q+1/t25-,26-,27+,33+/m0/s1. The Balaban J connectivity index is 1.44. The number of terminal acetylenes is 1. The van der Waals surface area contributed by atoms with Crippen molar-refractivity contribution in [2.24, 2.45) is 5.92 Å². The van der Waals surface area contributed by atoms with Gasteiger partial charge in [-0.1, -0.05) is 63.4 Å². The summed E-state index contributed by atoms with van der Waals surface area (Å²) in [6.07, 6.45) is 11.3. The van der Waals surface area contributed by atoms with Gasteiger partial charge in [-0.15, -0.1) is 10.9 Å². The Hall–Kier alpha value is -3.67. The molecule has 4 rings (SSSR count). The van der Waals surface area contributed by atoms with Gasteiger partial charge in [-0.3, -0.25) is 9.36 Å². The van der Waals surface area contributed by atoms with Crippen LogP contribution in [0, 0.1) is 36.0 Å². The number of nitrogens with zero attached hydrogens (tertiary/aromatic N) is 4. The van der Waals surface area contributed by atoms with E-state index in [1.165, 1.54) is 10.9 Å². The van der Waals surface area contributed by atoms with Crippen LogP contribution >= 0.6 is 8.18 Å². The largest absolute Gasteiger partial charge is 0.614 e. The molecule has 1 unspecified atom stereocenters. The Morgan fingerprint density at radius 3 is 2.49 bits per heavy atom. The number of esters is 1. The van der Waals surface area contributed by atoms with Crippen molar-refractivity contribution in [2.45, 2.75) is 102 Å². The van der Waals surface area contributed by atoms with Gasteiger partial charge in [0.25, 0.3) is 0 Å². The molecule has 49 heavy (non-hydrogen) atoms. The fourth-order valence-corrected chi connectivity index (χ4v) is 6.62. The number of hydrogen-bond acceptors (Lipinski definition) is 10. The second-order valence-corrected chi connectivity index (χ2v) is 13.3. The van der Waals surface area contributed by atoms with E-state index in [0.29, 0.717) is 6.07 Å². The third-order valence-electron chi connectivity index (χ3n) is 8.48. The van der Waals surface area contributed by atoms with Crippen LogP contribution in [0.5, 0.6) is 0 Å². The average molecular weight is 708 g/mol. The van der Waals surface area contributed by atoms with E-state index in [2.05, 4.69) is 39.8 Å². The molecule has 1 aliphatic rings. The highest BCUT2D eigenvalue weighted by Gasteiger charge is 2.50. The van der Waals surface area contributed by atoms with Crippen LogP contribution in [-0.2, 0) is 29.8 Å². The first-order chi connectivity index (χ1) is 23.5. The molecule has 1 aliphatic heterocycles. The maximum Gasteiger partial charge on any atom is 0.614 e. The number of carbonyl (C=O) groups excluding carboxylic acids is 1. The zero-order valence-electron chi connectivity index (χ0n) is 27.6. The Bertz CT molecular complexity index is 1610. The van der Waals surface area contributed by atoms with Gasteiger partial charge in [-0.25, -0.2) is 13.8 Å². The lowest BCUT2D eigenvalue weighted by Crippen LogP contribution is -2.43. The van der Waals surface area contributed by atoms with Crippen LogP contribution < -0.4 is 10.8 Å². The smallest absolute Gasteiger partial charge is 0.464 e. The van der Waals surface area contributed by atoms with Crippen LogP contribution in [0.25, 0.3) is 11.2 Å². The zero-order valence-corrected chi connectivity index (χ0v) is 28.5. The minimum atomic E-state index is -2.86. The van der Waals surface area contributed by atoms with Gasteiger partial charge < -0.3 is 20.3 Å². The molecule has 4 N–H and O–H groups in total. The summed E-state index contributed by atoms with van der Waals surface area (Å²) >= 11 is 0. The van der Waals surface area contributed by atoms with E-state index in [1.807, 2.05) is 0 Å². The van der Waals surface area contributed by atoms with Crippen LogP contribution in [0.15, 0.2) is 24.5 Å². The summed E-state index contributed by atoms with van der Waals surface area (Å²) in [7, 11) is -2.86. The molecule has 1 saturated heterocycles. The summed E-state index contributed by atoms with van der Waals surface area (Å²) in [6.45, 7) is 3.78. The summed E-state index contributed by atoms with van der Waals surface area (Å²) < 4.78 is 73.6. The first-order valence-electron chi connectivity index (χ1n) is 16.5. The molecule has 0 spiro atoms. The molecular formula is C33H43F3N6O6P+. The van der Waals surface area contributed by atoms with E-state index >= 15 is 0 Å². The Labute approximate surface area is 284 Å². The van der Waals surface area contributed by atoms with Gasteiger partial charge in [-0.05, 0) is 41.0 Å². The molecule has 2 aromatic heterocycles. The van der Waals surface area contributed by atoms with Crippen LogP contribution in [0.1, 0.15) is 83.4 Å². The molecule has 12 nitrogen and oxygen atoms in total. The summed E-state index contributed by atoms with van der Waals surface area (Å²) in [6, 6.07) is 1.53. The van der Waals surface area contributed by atoms with Gasteiger partial charge in [0.2, 0.25) is 0 Å². The van der Waals surface area contributed by atoms with Crippen molar-refractivity contribution in [3.05, 3.63) is 47.8 Å². The van der Waals surface area contributed by atoms with Crippen LogP contribution in [0.2, 0.25) is 0 Å². The number of nitrogen functional groups attached to an aromatic ring is 1. The van der Waals surface area contributed by atoms with Crippen molar-refractivity contribution in [1.29, 1.82) is 0 Å². The van der Waals surface area contributed by atoms with E-state index in [4.69, 9.17) is 26.2 Å². The van der Waals surface area contributed by atoms with Crippen molar-refractivity contribution in [2.75, 3.05) is 18.9 Å². The quantitative estimate of drug-likeness (QED) is 0.0462. The number of fused-ring (bicyclic) bond motifs is 1. The second-order valence-electron chi connectivity index (χ2n) is 12.2. The zero-order chi connectivity index (χ0) is 35.6. The molecule has 0 amide bonds. The number of hydrogen-bond donors (Lipinski definition) is 3.